The predicted molar refractivity (Wildman–Crippen MR) is 93.6 cm³/mol. The molecule has 0 radical (unpaired) electrons. The summed E-state index contributed by atoms with van der Waals surface area (Å²) < 4.78 is 5.55. The molecular weight excluding hydrogens is 272 g/mol. The fraction of sp³-hybridized carbons (Fsp3) is 0.500. The lowest BCUT2D eigenvalue weighted by atomic mass is 9.98. The van der Waals surface area contributed by atoms with Crippen molar-refractivity contribution in [3.05, 3.63) is 42.0 Å². The van der Waals surface area contributed by atoms with Crippen LogP contribution in [0, 0.1) is 0 Å². The number of aryl methyl sites for hydroxylation is 1. The second-order valence-corrected chi connectivity index (χ2v) is 5.92. The molecule has 0 aliphatic carbocycles. The number of rotatable bonds is 10. The van der Waals surface area contributed by atoms with Crippen LogP contribution in [0.4, 0.5) is 0 Å². The standard InChI is InChI=1S/C20H28O2/c1-22-20-15-14-17-11-8-9-12-18(17)19(20)13-7-5-3-2-4-6-10-16-21/h8-9,11-12,14-15,21H,2-7,10,13,16H2,1H3. The van der Waals surface area contributed by atoms with Gasteiger partial charge in [0.05, 0.1) is 7.11 Å². The van der Waals surface area contributed by atoms with Crippen LogP contribution >= 0.6 is 0 Å². The molecule has 0 bridgehead atoms. The second-order valence-electron chi connectivity index (χ2n) is 5.92. The number of methoxy groups -OCH3 is 1. The minimum Gasteiger partial charge on any atom is -0.496 e. The smallest absolute Gasteiger partial charge is 0.122 e. The highest BCUT2D eigenvalue weighted by atomic mass is 16.5. The predicted octanol–water partition coefficient (Wildman–Crippen LogP) is 5.11. The number of aliphatic hydroxyl groups is 1. The molecule has 0 aromatic heterocycles. The fourth-order valence-corrected chi connectivity index (χ4v) is 3.06. The van der Waals surface area contributed by atoms with E-state index in [1.54, 1.807) is 7.11 Å². The molecule has 2 heteroatoms. The minimum absolute atomic E-state index is 0.334. The maximum atomic E-state index is 8.76. The highest BCUT2D eigenvalue weighted by molar-refractivity contribution is 5.87. The summed E-state index contributed by atoms with van der Waals surface area (Å²) in [5.41, 5.74) is 1.35. The number of benzene rings is 2. The maximum Gasteiger partial charge on any atom is 0.122 e. The molecule has 120 valence electrons. The van der Waals surface area contributed by atoms with Crippen molar-refractivity contribution in [3.8, 4) is 5.75 Å². The van der Waals surface area contributed by atoms with Crippen LogP contribution in [0.3, 0.4) is 0 Å². The molecule has 1 N–H and O–H groups in total. The van der Waals surface area contributed by atoms with Crippen LogP contribution in [0.1, 0.15) is 50.5 Å². The van der Waals surface area contributed by atoms with E-state index in [-0.39, 0.29) is 0 Å². The number of unbranched alkanes of at least 4 members (excludes halogenated alkanes) is 6. The molecule has 0 amide bonds. The largest absolute Gasteiger partial charge is 0.496 e. The van der Waals surface area contributed by atoms with Crippen LogP contribution in [0.2, 0.25) is 0 Å². The normalized spacial score (nSPS) is 11.0. The van der Waals surface area contributed by atoms with E-state index in [1.807, 2.05) is 0 Å². The molecule has 2 nitrogen and oxygen atoms in total. The molecule has 0 fully saturated rings. The van der Waals surface area contributed by atoms with Gasteiger partial charge in [0, 0.05) is 12.2 Å². The number of hydrogen-bond acceptors (Lipinski definition) is 2. The molecule has 2 aromatic carbocycles. The molecule has 0 heterocycles. The summed E-state index contributed by atoms with van der Waals surface area (Å²) in [5.74, 6) is 1.02. The average Bonchev–Trinajstić information content (AvgIpc) is 2.57. The van der Waals surface area contributed by atoms with Gasteiger partial charge in [0.2, 0.25) is 0 Å². The monoisotopic (exact) mass is 300 g/mol. The average molecular weight is 300 g/mol. The van der Waals surface area contributed by atoms with Crippen molar-refractivity contribution in [1.82, 2.24) is 0 Å². The number of hydrogen-bond donors (Lipinski definition) is 1. The quantitative estimate of drug-likeness (QED) is 0.617. The number of ether oxygens (including phenoxy) is 1. The third-order valence-electron chi connectivity index (χ3n) is 4.30. The summed E-state index contributed by atoms with van der Waals surface area (Å²) in [6, 6.07) is 12.8. The molecule has 0 saturated carbocycles. The van der Waals surface area contributed by atoms with E-state index < -0.39 is 0 Å². The van der Waals surface area contributed by atoms with Crippen molar-refractivity contribution >= 4 is 10.8 Å². The van der Waals surface area contributed by atoms with Gasteiger partial charge in [-0.3, -0.25) is 0 Å². The summed E-state index contributed by atoms with van der Waals surface area (Å²) in [6.07, 6.45) is 9.50. The highest BCUT2D eigenvalue weighted by Gasteiger charge is 2.07. The van der Waals surface area contributed by atoms with Gasteiger partial charge in [-0.15, -0.1) is 0 Å². The first kappa shape index (κ1) is 16.8. The Morgan fingerprint density at radius 3 is 2.23 bits per heavy atom. The molecule has 2 rings (SSSR count). The number of aliphatic hydroxyl groups excluding tert-OH is 1. The van der Waals surface area contributed by atoms with E-state index in [4.69, 9.17) is 9.84 Å². The summed E-state index contributed by atoms with van der Waals surface area (Å²) in [7, 11) is 1.76. The van der Waals surface area contributed by atoms with Crippen LogP contribution in [0.5, 0.6) is 5.75 Å². The van der Waals surface area contributed by atoms with Crippen molar-refractivity contribution in [2.45, 2.75) is 51.4 Å². The third-order valence-corrected chi connectivity index (χ3v) is 4.30. The van der Waals surface area contributed by atoms with E-state index in [0.29, 0.717) is 6.61 Å². The Bertz CT molecular complexity index is 563. The van der Waals surface area contributed by atoms with E-state index in [0.717, 1.165) is 25.0 Å². The Balaban J connectivity index is 1.85. The molecule has 0 saturated heterocycles. The Labute approximate surface area is 134 Å². The second kappa shape index (κ2) is 9.47. The molecule has 0 unspecified atom stereocenters. The molecule has 0 atom stereocenters. The van der Waals surface area contributed by atoms with Crippen LogP contribution in [-0.2, 0) is 6.42 Å². The van der Waals surface area contributed by atoms with Crippen molar-refractivity contribution in [3.63, 3.8) is 0 Å². The lowest BCUT2D eigenvalue weighted by Gasteiger charge is -2.12. The van der Waals surface area contributed by atoms with Gasteiger partial charge in [-0.05, 0) is 36.1 Å². The zero-order chi connectivity index (χ0) is 15.6. The first-order valence-corrected chi connectivity index (χ1v) is 8.52. The molecule has 0 aliphatic heterocycles. The summed E-state index contributed by atoms with van der Waals surface area (Å²) in [6.45, 7) is 0.334. The molecular formula is C20H28O2. The van der Waals surface area contributed by atoms with E-state index in [2.05, 4.69) is 36.4 Å². The van der Waals surface area contributed by atoms with Crippen LogP contribution in [-0.4, -0.2) is 18.8 Å². The van der Waals surface area contributed by atoms with Gasteiger partial charge in [-0.1, -0.05) is 62.4 Å². The molecule has 0 spiro atoms. The lowest BCUT2D eigenvalue weighted by molar-refractivity contribution is 0.282. The molecule has 2 aromatic rings. The zero-order valence-electron chi connectivity index (χ0n) is 13.7. The SMILES string of the molecule is COc1ccc2ccccc2c1CCCCCCCCCO. The van der Waals surface area contributed by atoms with Gasteiger partial charge in [0.25, 0.3) is 0 Å². The van der Waals surface area contributed by atoms with E-state index >= 15 is 0 Å². The maximum absolute atomic E-state index is 8.76. The van der Waals surface area contributed by atoms with Crippen molar-refractivity contribution < 1.29 is 9.84 Å². The molecule has 0 aliphatic rings. The van der Waals surface area contributed by atoms with Crippen molar-refractivity contribution in [2.24, 2.45) is 0 Å². The van der Waals surface area contributed by atoms with Crippen molar-refractivity contribution in [1.29, 1.82) is 0 Å². The van der Waals surface area contributed by atoms with Crippen LogP contribution < -0.4 is 4.74 Å². The Morgan fingerprint density at radius 1 is 0.818 bits per heavy atom. The van der Waals surface area contributed by atoms with Gasteiger partial charge in [0.15, 0.2) is 0 Å². The molecule has 22 heavy (non-hydrogen) atoms. The van der Waals surface area contributed by atoms with Crippen molar-refractivity contribution in [2.75, 3.05) is 13.7 Å². The Hall–Kier alpha value is -1.54. The number of fused-ring (bicyclic) bond motifs is 1. The summed E-state index contributed by atoms with van der Waals surface area (Å²) in [4.78, 5) is 0. The van der Waals surface area contributed by atoms with Crippen LogP contribution in [0.25, 0.3) is 10.8 Å². The summed E-state index contributed by atoms with van der Waals surface area (Å²) in [5, 5.41) is 11.4. The first-order chi connectivity index (χ1) is 10.9. The van der Waals surface area contributed by atoms with E-state index in [9.17, 15) is 0 Å². The fourth-order valence-electron chi connectivity index (χ4n) is 3.06. The van der Waals surface area contributed by atoms with Gasteiger partial charge in [0.1, 0.15) is 5.75 Å². The zero-order valence-corrected chi connectivity index (χ0v) is 13.7. The first-order valence-electron chi connectivity index (χ1n) is 8.52. The van der Waals surface area contributed by atoms with Gasteiger partial charge < -0.3 is 9.84 Å². The van der Waals surface area contributed by atoms with Crippen LogP contribution in [0.15, 0.2) is 36.4 Å². The third kappa shape index (κ3) is 4.74. The van der Waals surface area contributed by atoms with Gasteiger partial charge in [-0.25, -0.2) is 0 Å². The minimum atomic E-state index is 0.334. The Morgan fingerprint density at radius 2 is 1.50 bits per heavy atom. The topological polar surface area (TPSA) is 29.5 Å². The highest BCUT2D eigenvalue weighted by Crippen LogP contribution is 2.29. The lowest BCUT2D eigenvalue weighted by Crippen LogP contribution is -1.94. The Kier molecular flexibility index (Phi) is 7.24. The van der Waals surface area contributed by atoms with Gasteiger partial charge >= 0.3 is 0 Å². The van der Waals surface area contributed by atoms with Gasteiger partial charge in [-0.2, -0.15) is 0 Å². The summed E-state index contributed by atoms with van der Waals surface area (Å²) >= 11 is 0. The van der Waals surface area contributed by atoms with E-state index in [1.165, 1.54) is 48.4 Å².